The van der Waals surface area contributed by atoms with Gasteiger partial charge in [0, 0.05) is 32.1 Å². The van der Waals surface area contributed by atoms with Crippen molar-refractivity contribution in [2.45, 2.75) is 64.4 Å². The number of carbonyl (C=O) groups excluding carboxylic acids is 3. The first-order valence-corrected chi connectivity index (χ1v) is 15.5. The van der Waals surface area contributed by atoms with Crippen molar-refractivity contribution in [3.8, 4) is 0 Å². The number of aryl methyl sites for hydroxylation is 1. The molecule has 0 aliphatic rings. The standard InChI is InChI=1S/C25H37N7O3S.C8H8O/c1-25(2,35)16-29-21(33)14-17-7-6-8-18(13-17)15-22(34)30-24-32-31-23(36-24)10-5-4-9-19(26)11-12-20(27)28-3;9-7-6-8-4-2-1-3-5-8/h6-8,11-13,28,35H,4-5,9-10,14-16,26-27H2,1-3H3,(H,29,33)(H,30,32,34);1-5,7H,6H2/b19-11-,20-12+;. The third-order valence-corrected chi connectivity index (χ3v) is 7.08. The highest BCUT2D eigenvalue weighted by atomic mass is 32.1. The molecule has 3 rings (SSSR count). The van der Waals surface area contributed by atoms with E-state index in [1.54, 1.807) is 33.0 Å². The highest BCUT2D eigenvalue weighted by molar-refractivity contribution is 7.15. The van der Waals surface area contributed by atoms with Crippen molar-refractivity contribution >= 4 is 34.6 Å². The van der Waals surface area contributed by atoms with Crippen LogP contribution in [0.5, 0.6) is 0 Å². The first-order valence-electron chi connectivity index (χ1n) is 14.7. The van der Waals surface area contributed by atoms with Gasteiger partial charge in [0.2, 0.25) is 16.9 Å². The molecule has 45 heavy (non-hydrogen) atoms. The van der Waals surface area contributed by atoms with Crippen LogP contribution in [0, 0.1) is 0 Å². The van der Waals surface area contributed by atoms with E-state index in [1.807, 2.05) is 54.6 Å². The van der Waals surface area contributed by atoms with Gasteiger partial charge in [-0.25, -0.2) is 0 Å². The molecule has 0 aliphatic heterocycles. The molecule has 2 aromatic carbocycles. The molecule has 0 fully saturated rings. The molecule has 0 unspecified atom stereocenters. The summed E-state index contributed by atoms with van der Waals surface area (Å²) in [5.41, 5.74) is 14.1. The molecule has 8 N–H and O–H groups in total. The Morgan fingerprint density at radius 1 is 0.933 bits per heavy atom. The number of amides is 2. The first-order chi connectivity index (χ1) is 21.5. The number of aliphatic hydroxyl groups is 1. The maximum atomic E-state index is 12.5. The fourth-order valence-electron chi connectivity index (χ4n) is 3.85. The number of hydrogen-bond acceptors (Lipinski definition) is 10. The van der Waals surface area contributed by atoms with Gasteiger partial charge in [0.25, 0.3) is 0 Å². The lowest BCUT2D eigenvalue weighted by Crippen LogP contribution is -2.38. The van der Waals surface area contributed by atoms with E-state index < -0.39 is 5.60 Å². The lowest BCUT2D eigenvalue weighted by molar-refractivity contribution is -0.121. The normalized spacial score (nSPS) is 11.6. The van der Waals surface area contributed by atoms with Crippen LogP contribution in [0.25, 0.3) is 0 Å². The number of allylic oxidation sites excluding steroid dienone is 3. The van der Waals surface area contributed by atoms with Gasteiger partial charge >= 0.3 is 0 Å². The van der Waals surface area contributed by atoms with Crippen LogP contribution >= 0.6 is 11.3 Å². The van der Waals surface area contributed by atoms with Gasteiger partial charge in [-0.2, -0.15) is 0 Å². The molecule has 1 heterocycles. The van der Waals surface area contributed by atoms with Gasteiger partial charge in [0.15, 0.2) is 0 Å². The van der Waals surface area contributed by atoms with E-state index in [0.29, 0.717) is 17.4 Å². The molecule has 0 aliphatic carbocycles. The molecule has 3 aromatic rings. The van der Waals surface area contributed by atoms with Gasteiger partial charge < -0.3 is 37.3 Å². The number of aromatic nitrogens is 2. The van der Waals surface area contributed by atoms with E-state index in [0.717, 1.165) is 59.4 Å². The Labute approximate surface area is 269 Å². The minimum atomic E-state index is -0.968. The lowest BCUT2D eigenvalue weighted by Gasteiger charge is -2.17. The summed E-state index contributed by atoms with van der Waals surface area (Å²) in [6.45, 7) is 3.43. The van der Waals surface area contributed by atoms with E-state index in [2.05, 4.69) is 26.1 Å². The number of anilines is 1. The quantitative estimate of drug-likeness (QED) is 0.0781. The van der Waals surface area contributed by atoms with Crippen molar-refractivity contribution in [1.29, 1.82) is 0 Å². The minimum Gasteiger partial charge on any atom is -0.402 e. The summed E-state index contributed by atoms with van der Waals surface area (Å²) in [7, 11) is 1.75. The summed E-state index contributed by atoms with van der Waals surface area (Å²) in [5.74, 6) is 0.169. The van der Waals surface area contributed by atoms with Crippen molar-refractivity contribution in [3.63, 3.8) is 0 Å². The zero-order valence-electron chi connectivity index (χ0n) is 26.2. The average molecular weight is 636 g/mol. The van der Waals surface area contributed by atoms with Crippen LogP contribution in [-0.2, 0) is 40.1 Å². The van der Waals surface area contributed by atoms with Crippen molar-refractivity contribution in [2.75, 3.05) is 18.9 Å². The van der Waals surface area contributed by atoms with E-state index >= 15 is 0 Å². The highest BCUT2D eigenvalue weighted by Crippen LogP contribution is 2.18. The highest BCUT2D eigenvalue weighted by Gasteiger charge is 2.14. The predicted molar refractivity (Wildman–Crippen MR) is 179 cm³/mol. The van der Waals surface area contributed by atoms with E-state index in [1.165, 1.54) is 11.3 Å². The van der Waals surface area contributed by atoms with Crippen LogP contribution in [-0.4, -0.2) is 52.6 Å². The lowest BCUT2D eigenvalue weighted by atomic mass is 10.0. The molecule has 0 atom stereocenters. The summed E-state index contributed by atoms with van der Waals surface area (Å²) in [6, 6.07) is 17.0. The Hall–Kier alpha value is -4.55. The summed E-state index contributed by atoms with van der Waals surface area (Å²) < 4.78 is 0. The second kappa shape index (κ2) is 19.7. The maximum absolute atomic E-state index is 12.5. The first kappa shape index (κ1) is 36.6. The van der Waals surface area contributed by atoms with E-state index in [9.17, 15) is 19.5 Å². The number of benzene rings is 2. The molecule has 242 valence electrons. The molecular weight excluding hydrogens is 590 g/mol. The molecule has 0 saturated heterocycles. The Balaban J connectivity index is 0.000000669. The maximum Gasteiger partial charge on any atom is 0.230 e. The minimum absolute atomic E-state index is 0.159. The van der Waals surface area contributed by atoms with Crippen LogP contribution in [0.4, 0.5) is 5.13 Å². The fourth-order valence-corrected chi connectivity index (χ4v) is 4.64. The van der Waals surface area contributed by atoms with Gasteiger partial charge in [-0.15, -0.1) is 10.2 Å². The van der Waals surface area contributed by atoms with Crippen molar-refractivity contribution in [2.24, 2.45) is 11.5 Å². The van der Waals surface area contributed by atoms with Gasteiger partial charge in [0.1, 0.15) is 11.3 Å². The molecule has 11 nitrogen and oxygen atoms in total. The van der Waals surface area contributed by atoms with Gasteiger partial charge in [-0.05, 0) is 62.0 Å². The Morgan fingerprint density at radius 2 is 1.60 bits per heavy atom. The summed E-state index contributed by atoms with van der Waals surface area (Å²) >= 11 is 1.36. The molecule has 2 amide bonds. The van der Waals surface area contributed by atoms with E-state index in [-0.39, 0.29) is 31.2 Å². The van der Waals surface area contributed by atoms with Gasteiger partial charge in [-0.1, -0.05) is 65.9 Å². The number of hydrogen-bond donors (Lipinski definition) is 6. The van der Waals surface area contributed by atoms with Gasteiger partial charge in [-0.3, -0.25) is 9.59 Å². The second-order valence-electron chi connectivity index (χ2n) is 11.0. The SMILES string of the molecule is CN/C(N)=C/C=C(\N)CCCCc1nnc(NC(=O)Cc2cccc(CC(=O)NCC(C)(C)O)c2)s1.O=CCc1ccccc1. The largest absolute Gasteiger partial charge is 0.402 e. The molecular formula is C33H45N7O4S. The molecule has 1 aromatic heterocycles. The Bertz CT molecular complexity index is 1420. The second-order valence-corrected chi connectivity index (χ2v) is 12.1. The van der Waals surface area contributed by atoms with Crippen LogP contribution < -0.4 is 27.4 Å². The zero-order valence-corrected chi connectivity index (χ0v) is 27.0. The van der Waals surface area contributed by atoms with Crippen molar-refractivity contribution in [1.82, 2.24) is 20.8 Å². The Morgan fingerprint density at radius 3 is 2.24 bits per heavy atom. The zero-order chi connectivity index (χ0) is 33.1. The van der Waals surface area contributed by atoms with Crippen molar-refractivity contribution in [3.05, 3.63) is 100.0 Å². The number of aldehydes is 1. The van der Waals surface area contributed by atoms with Crippen molar-refractivity contribution < 1.29 is 19.5 Å². The average Bonchev–Trinajstić information content (AvgIpc) is 3.44. The number of unbranched alkanes of at least 4 members (excludes halogenated alkanes) is 1. The monoisotopic (exact) mass is 635 g/mol. The molecule has 0 radical (unpaired) electrons. The van der Waals surface area contributed by atoms with Crippen LogP contribution in [0.3, 0.4) is 0 Å². The summed E-state index contributed by atoms with van der Waals surface area (Å²) in [5, 5.41) is 27.6. The molecule has 0 spiro atoms. The molecule has 12 heteroatoms. The number of carbonyl (C=O) groups is 3. The van der Waals surface area contributed by atoms with Crippen LogP contribution in [0.1, 0.15) is 54.8 Å². The Kier molecular flexibility index (Phi) is 16.0. The summed E-state index contributed by atoms with van der Waals surface area (Å²) in [4.78, 5) is 34.6. The smallest absolute Gasteiger partial charge is 0.230 e. The van der Waals surface area contributed by atoms with E-state index in [4.69, 9.17) is 11.5 Å². The van der Waals surface area contributed by atoms with Gasteiger partial charge in [0.05, 0.1) is 24.3 Å². The number of rotatable bonds is 16. The number of nitrogens with two attached hydrogens (primary N) is 2. The molecule has 0 saturated carbocycles. The van der Waals surface area contributed by atoms with Crippen LogP contribution in [0.2, 0.25) is 0 Å². The van der Waals surface area contributed by atoms with Crippen LogP contribution in [0.15, 0.2) is 78.3 Å². The topological polar surface area (TPSA) is 185 Å². The number of nitrogens with one attached hydrogen (secondary N) is 3. The number of nitrogens with zero attached hydrogens (tertiary/aromatic N) is 2. The molecule has 0 bridgehead atoms. The summed E-state index contributed by atoms with van der Waals surface area (Å²) in [6.07, 6.45) is 8.63. The third-order valence-electron chi connectivity index (χ3n) is 6.19. The fraction of sp³-hybridized carbons (Fsp3) is 0.364. The predicted octanol–water partition coefficient (Wildman–Crippen LogP) is 3.15. The third kappa shape index (κ3) is 16.8.